The third-order valence-corrected chi connectivity index (χ3v) is 2.12. The lowest BCUT2D eigenvalue weighted by atomic mass is 9.99. The van der Waals surface area contributed by atoms with Gasteiger partial charge in [0.05, 0.1) is 11.8 Å². The molecular weight excluding hydrogens is 172 g/mol. The summed E-state index contributed by atoms with van der Waals surface area (Å²) in [6.07, 6.45) is 1.75. The molecule has 0 rings (SSSR count). The molecule has 0 aromatic heterocycles. The second kappa shape index (κ2) is 5.56. The van der Waals surface area contributed by atoms with E-state index in [0.717, 1.165) is 0 Å². The average Bonchev–Trinajstić information content (AvgIpc) is 2.03. The quantitative estimate of drug-likeness (QED) is 0.663. The predicted octanol–water partition coefficient (Wildman–Crippen LogP) is 1.60. The van der Waals surface area contributed by atoms with Crippen molar-refractivity contribution in [3.05, 3.63) is 0 Å². The van der Waals surface area contributed by atoms with Crippen molar-refractivity contribution in [2.45, 2.75) is 33.1 Å². The third kappa shape index (κ3) is 5.22. The molecule has 0 saturated heterocycles. The Hall–Kier alpha value is -1.06. The first kappa shape index (κ1) is 11.9. The maximum absolute atomic E-state index is 10.4. The van der Waals surface area contributed by atoms with Gasteiger partial charge in [-0.05, 0) is 12.8 Å². The minimum Gasteiger partial charge on any atom is -0.481 e. The lowest BCUT2D eigenvalue weighted by molar-refractivity contribution is -0.141. The molecule has 13 heavy (non-hydrogen) atoms. The molecule has 0 unspecified atom stereocenters. The number of carboxylic acid groups (broad SMARTS) is 2. The normalized spacial score (nSPS) is 14.9. The fourth-order valence-electron chi connectivity index (χ4n) is 0.977. The Kier molecular flexibility index (Phi) is 5.11. The van der Waals surface area contributed by atoms with Gasteiger partial charge in [-0.25, -0.2) is 0 Å². The number of carboxylic acids is 2. The van der Waals surface area contributed by atoms with Crippen LogP contribution in [0, 0.1) is 11.8 Å². The molecule has 0 heterocycles. The largest absolute Gasteiger partial charge is 0.481 e. The van der Waals surface area contributed by atoms with E-state index in [2.05, 4.69) is 0 Å². The third-order valence-electron chi connectivity index (χ3n) is 2.12. The molecule has 4 nitrogen and oxygen atoms in total. The summed E-state index contributed by atoms with van der Waals surface area (Å²) >= 11 is 0. The molecule has 0 saturated carbocycles. The molecular formula is C9H16O4. The molecule has 0 aliphatic heterocycles. The fourth-order valence-corrected chi connectivity index (χ4v) is 0.977. The number of hydrogen-bond donors (Lipinski definition) is 2. The van der Waals surface area contributed by atoms with E-state index in [1.54, 1.807) is 13.8 Å². The van der Waals surface area contributed by atoms with Crippen molar-refractivity contribution >= 4 is 11.9 Å². The van der Waals surface area contributed by atoms with E-state index in [1.807, 2.05) is 0 Å². The number of aliphatic carboxylic acids is 2. The van der Waals surface area contributed by atoms with Gasteiger partial charge in [-0.1, -0.05) is 20.3 Å². The first-order valence-corrected chi connectivity index (χ1v) is 4.40. The molecule has 0 aliphatic rings. The molecule has 2 atom stereocenters. The van der Waals surface area contributed by atoms with Crippen LogP contribution in [-0.4, -0.2) is 22.2 Å². The summed E-state index contributed by atoms with van der Waals surface area (Å²) in [4.78, 5) is 20.8. The molecule has 0 fully saturated rings. The van der Waals surface area contributed by atoms with Gasteiger partial charge in [0.1, 0.15) is 0 Å². The molecule has 0 spiro atoms. The predicted molar refractivity (Wildman–Crippen MR) is 47.5 cm³/mol. The van der Waals surface area contributed by atoms with Crippen LogP contribution in [0.5, 0.6) is 0 Å². The fraction of sp³-hybridized carbons (Fsp3) is 0.778. The van der Waals surface area contributed by atoms with Crippen LogP contribution in [0.15, 0.2) is 0 Å². The second-order valence-electron chi connectivity index (χ2n) is 3.41. The summed E-state index contributed by atoms with van der Waals surface area (Å²) < 4.78 is 0. The SMILES string of the molecule is C[C@@H](CCC[C@H](C)C(=O)O)C(=O)O. The highest BCUT2D eigenvalue weighted by molar-refractivity contribution is 5.70. The van der Waals surface area contributed by atoms with Crippen molar-refractivity contribution in [1.82, 2.24) is 0 Å². The number of rotatable bonds is 6. The Labute approximate surface area is 77.6 Å². The van der Waals surface area contributed by atoms with Gasteiger partial charge in [0.25, 0.3) is 0 Å². The Morgan fingerprint density at radius 1 is 1.00 bits per heavy atom. The smallest absolute Gasteiger partial charge is 0.306 e. The molecule has 0 aliphatic carbocycles. The second-order valence-corrected chi connectivity index (χ2v) is 3.41. The molecule has 0 aromatic rings. The molecule has 0 amide bonds. The van der Waals surface area contributed by atoms with Crippen LogP contribution in [-0.2, 0) is 9.59 Å². The van der Waals surface area contributed by atoms with Crippen LogP contribution in [0.4, 0.5) is 0 Å². The highest BCUT2D eigenvalue weighted by Gasteiger charge is 2.14. The van der Waals surface area contributed by atoms with Gasteiger partial charge in [0.15, 0.2) is 0 Å². The number of hydrogen-bond acceptors (Lipinski definition) is 2. The van der Waals surface area contributed by atoms with Gasteiger partial charge < -0.3 is 10.2 Å². The van der Waals surface area contributed by atoms with Crippen molar-refractivity contribution in [3.8, 4) is 0 Å². The van der Waals surface area contributed by atoms with Gasteiger partial charge in [-0.2, -0.15) is 0 Å². The van der Waals surface area contributed by atoms with E-state index in [1.165, 1.54) is 0 Å². The van der Waals surface area contributed by atoms with Crippen LogP contribution in [0.25, 0.3) is 0 Å². The zero-order chi connectivity index (χ0) is 10.4. The molecule has 76 valence electrons. The standard InChI is InChI=1S/C9H16O4/c1-6(8(10)11)4-3-5-7(2)9(12)13/h6-7H,3-5H2,1-2H3,(H,10,11)(H,12,13)/t6-,7-/m0/s1. The Balaban J connectivity index is 3.56. The topological polar surface area (TPSA) is 74.6 Å². The summed E-state index contributed by atoms with van der Waals surface area (Å²) in [7, 11) is 0. The Morgan fingerprint density at radius 3 is 1.54 bits per heavy atom. The average molecular weight is 188 g/mol. The van der Waals surface area contributed by atoms with Crippen LogP contribution < -0.4 is 0 Å². The Bertz CT molecular complexity index is 168. The first-order valence-electron chi connectivity index (χ1n) is 4.40. The molecule has 0 aromatic carbocycles. The van der Waals surface area contributed by atoms with E-state index < -0.39 is 11.9 Å². The van der Waals surface area contributed by atoms with Crippen molar-refractivity contribution in [2.24, 2.45) is 11.8 Å². The van der Waals surface area contributed by atoms with Gasteiger partial charge >= 0.3 is 11.9 Å². The summed E-state index contributed by atoms with van der Waals surface area (Å²) in [5.41, 5.74) is 0. The Morgan fingerprint density at radius 2 is 1.31 bits per heavy atom. The monoisotopic (exact) mass is 188 g/mol. The van der Waals surface area contributed by atoms with Crippen molar-refractivity contribution in [1.29, 1.82) is 0 Å². The molecule has 2 N–H and O–H groups in total. The minimum absolute atomic E-state index is 0.374. The molecule has 4 heteroatoms. The zero-order valence-corrected chi connectivity index (χ0v) is 7.99. The van der Waals surface area contributed by atoms with E-state index in [-0.39, 0.29) is 11.8 Å². The van der Waals surface area contributed by atoms with E-state index in [0.29, 0.717) is 19.3 Å². The highest BCUT2D eigenvalue weighted by Crippen LogP contribution is 2.12. The van der Waals surface area contributed by atoms with Crippen molar-refractivity contribution in [3.63, 3.8) is 0 Å². The van der Waals surface area contributed by atoms with Gasteiger partial charge in [-0.15, -0.1) is 0 Å². The van der Waals surface area contributed by atoms with Gasteiger partial charge in [-0.3, -0.25) is 9.59 Å². The van der Waals surface area contributed by atoms with E-state index in [9.17, 15) is 9.59 Å². The summed E-state index contributed by atoms with van der Waals surface area (Å²) in [6, 6.07) is 0. The number of carbonyl (C=O) groups is 2. The summed E-state index contributed by atoms with van der Waals surface area (Å²) in [6.45, 7) is 3.27. The zero-order valence-electron chi connectivity index (χ0n) is 7.99. The lowest BCUT2D eigenvalue weighted by Gasteiger charge is -2.07. The van der Waals surface area contributed by atoms with Crippen LogP contribution in [0.2, 0.25) is 0 Å². The lowest BCUT2D eigenvalue weighted by Crippen LogP contribution is -2.12. The van der Waals surface area contributed by atoms with Crippen LogP contribution in [0.3, 0.4) is 0 Å². The maximum atomic E-state index is 10.4. The summed E-state index contributed by atoms with van der Waals surface area (Å²) in [5, 5.41) is 17.1. The van der Waals surface area contributed by atoms with Gasteiger partial charge in [0, 0.05) is 0 Å². The van der Waals surface area contributed by atoms with E-state index in [4.69, 9.17) is 10.2 Å². The van der Waals surface area contributed by atoms with Gasteiger partial charge in [0.2, 0.25) is 0 Å². The summed E-state index contributed by atoms with van der Waals surface area (Å²) in [5.74, 6) is -2.38. The van der Waals surface area contributed by atoms with Crippen molar-refractivity contribution < 1.29 is 19.8 Å². The van der Waals surface area contributed by atoms with Crippen molar-refractivity contribution in [2.75, 3.05) is 0 Å². The molecule has 0 bridgehead atoms. The molecule has 0 radical (unpaired) electrons. The minimum atomic E-state index is -0.817. The van der Waals surface area contributed by atoms with Crippen LogP contribution >= 0.6 is 0 Å². The first-order chi connectivity index (χ1) is 5.95. The van der Waals surface area contributed by atoms with Crippen LogP contribution in [0.1, 0.15) is 33.1 Å². The van der Waals surface area contributed by atoms with E-state index >= 15 is 0 Å². The highest BCUT2D eigenvalue weighted by atomic mass is 16.4. The maximum Gasteiger partial charge on any atom is 0.306 e.